The Labute approximate surface area is 490 Å². The molecule has 0 aliphatic heterocycles. The van der Waals surface area contributed by atoms with Gasteiger partial charge >= 0.3 is 17.9 Å². The van der Waals surface area contributed by atoms with Crippen molar-refractivity contribution in [3.63, 3.8) is 0 Å². The summed E-state index contributed by atoms with van der Waals surface area (Å²) in [5, 5.41) is 80.3. The summed E-state index contributed by atoms with van der Waals surface area (Å²) >= 11 is 0. The maximum absolute atomic E-state index is 14.2. The quantitative estimate of drug-likeness (QED) is 0.0324. The Morgan fingerprint density at radius 1 is 0.435 bits per heavy atom. The molecule has 0 spiro atoms. The van der Waals surface area contributed by atoms with Gasteiger partial charge in [0.2, 0.25) is 59.1 Å². The van der Waals surface area contributed by atoms with E-state index in [-0.39, 0.29) is 49.0 Å². The molecular weight excluding hydrogens is 1120 g/mol. The Morgan fingerprint density at radius 3 is 1.27 bits per heavy atom. The monoisotopic (exact) mass is 1200 g/mol. The van der Waals surface area contributed by atoms with Crippen LogP contribution in [0.5, 0.6) is 11.5 Å². The lowest BCUT2D eigenvalue weighted by molar-refractivity contribution is -0.144. The second-order valence-corrected chi connectivity index (χ2v) is 21.7. The molecule has 470 valence electrons. The van der Waals surface area contributed by atoms with Crippen LogP contribution in [-0.2, 0) is 75.2 Å². The van der Waals surface area contributed by atoms with Crippen LogP contribution in [0.1, 0.15) is 105 Å². The molecule has 0 fully saturated rings. The van der Waals surface area contributed by atoms with Gasteiger partial charge in [-0.25, -0.2) is 4.79 Å². The highest BCUT2D eigenvalue weighted by Crippen LogP contribution is 2.15. The van der Waals surface area contributed by atoms with E-state index in [9.17, 15) is 93.0 Å². The Hall–Kier alpha value is -8.93. The third-order valence-electron chi connectivity index (χ3n) is 12.8. The van der Waals surface area contributed by atoms with E-state index in [1.165, 1.54) is 57.2 Å². The zero-order chi connectivity index (χ0) is 64.6. The van der Waals surface area contributed by atoms with Gasteiger partial charge in [-0.05, 0) is 92.7 Å². The number of phenols is 2. The van der Waals surface area contributed by atoms with E-state index in [4.69, 9.17) is 11.5 Å². The molecule has 0 heterocycles. The van der Waals surface area contributed by atoms with E-state index in [0.717, 1.165) is 6.92 Å². The molecule has 11 atom stereocenters. The van der Waals surface area contributed by atoms with Crippen LogP contribution < -0.4 is 59.3 Å². The predicted octanol–water partition coefficient (Wildman–Crippen LogP) is -2.98. The average Bonchev–Trinajstić information content (AvgIpc) is 3.45. The van der Waals surface area contributed by atoms with Crippen molar-refractivity contribution in [1.29, 1.82) is 0 Å². The molecule has 0 aliphatic carbocycles. The molecule has 30 nitrogen and oxygen atoms in total. The first-order valence-electron chi connectivity index (χ1n) is 27.3. The lowest BCUT2D eigenvalue weighted by atomic mass is 10.0. The first-order valence-corrected chi connectivity index (χ1v) is 27.3. The number of nitrogens with two attached hydrogens (primary N) is 2. The first kappa shape index (κ1) is 72.2. The van der Waals surface area contributed by atoms with Crippen LogP contribution in [0.4, 0.5) is 0 Å². The van der Waals surface area contributed by atoms with Crippen molar-refractivity contribution in [2.24, 2.45) is 29.2 Å². The van der Waals surface area contributed by atoms with Gasteiger partial charge in [-0.1, -0.05) is 65.8 Å². The van der Waals surface area contributed by atoms with Crippen molar-refractivity contribution >= 4 is 77.0 Å². The normalized spacial score (nSPS) is 15.1. The molecule has 0 saturated carbocycles. The minimum atomic E-state index is -2.09. The minimum Gasteiger partial charge on any atom is -0.508 e. The Bertz CT molecular complexity index is 2690. The van der Waals surface area contributed by atoms with Gasteiger partial charge in [-0.15, -0.1) is 0 Å². The van der Waals surface area contributed by atoms with Gasteiger partial charge in [-0.2, -0.15) is 0 Å². The number of primary amides is 1. The summed E-state index contributed by atoms with van der Waals surface area (Å²) in [4.78, 5) is 171. The summed E-state index contributed by atoms with van der Waals surface area (Å²) in [6.45, 7) is 12.1. The highest BCUT2D eigenvalue weighted by molar-refractivity contribution is 6.00. The number of aromatic hydroxyl groups is 2. The van der Waals surface area contributed by atoms with Crippen molar-refractivity contribution in [1.82, 2.24) is 47.9 Å². The van der Waals surface area contributed by atoms with Crippen molar-refractivity contribution in [2.45, 2.75) is 173 Å². The molecule has 0 radical (unpaired) electrons. The van der Waals surface area contributed by atoms with Crippen LogP contribution in [0.2, 0.25) is 0 Å². The van der Waals surface area contributed by atoms with E-state index >= 15 is 0 Å². The maximum atomic E-state index is 14.2. The second-order valence-electron chi connectivity index (χ2n) is 21.7. The molecule has 0 saturated heterocycles. The molecule has 0 unspecified atom stereocenters. The molecule has 2 aromatic rings. The number of aliphatic hydroxyl groups is 1. The first-order chi connectivity index (χ1) is 39.6. The number of hydrogen-bond donors (Lipinski definition) is 17. The fourth-order valence-electron chi connectivity index (χ4n) is 8.25. The number of aliphatic hydroxyl groups excluding tert-OH is 1. The van der Waals surface area contributed by atoms with Crippen LogP contribution in [0, 0.1) is 17.8 Å². The molecule has 30 heteroatoms. The number of carbonyl (C=O) groups excluding carboxylic acids is 10. The number of aliphatic carboxylic acids is 3. The van der Waals surface area contributed by atoms with Gasteiger partial charge in [0.25, 0.3) is 0 Å². The van der Waals surface area contributed by atoms with E-state index in [1.807, 2.05) is 0 Å². The predicted molar refractivity (Wildman–Crippen MR) is 301 cm³/mol. The van der Waals surface area contributed by atoms with E-state index in [0.29, 0.717) is 11.1 Å². The van der Waals surface area contributed by atoms with Crippen molar-refractivity contribution < 1.29 is 93.0 Å². The highest BCUT2D eigenvalue weighted by Gasteiger charge is 2.38. The number of nitrogens with one attached hydrogen (secondary N) is 9. The van der Waals surface area contributed by atoms with Crippen LogP contribution in [0.25, 0.3) is 0 Å². The van der Waals surface area contributed by atoms with Crippen molar-refractivity contribution in [3.8, 4) is 11.5 Å². The summed E-state index contributed by atoms with van der Waals surface area (Å²) in [7, 11) is 0. The summed E-state index contributed by atoms with van der Waals surface area (Å²) in [5.41, 5.74) is 12.4. The van der Waals surface area contributed by atoms with Crippen LogP contribution in [0.3, 0.4) is 0 Å². The standard InChI is InChI=1S/C55H81N11O19/c1-25(2)19-36(61-47(76)34(56)21-30-9-13-32(68)14-10-30)49(78)58-28(7)46(75)60-38(22-31-11-15-33(69)16-12-31)51(80)63-40(24-43(73)74)52(81)59-35(17-18-42(71)72)48(77)66-45(29(8)67)54(83)64-37(20-26(3)4)50(79)62-39(23-41(57)70)53(82)65-44(27(5)6)55(84)85/h9-16,25-29,34-40,44-45,67-69H,17-24,56H2,1-8H3,(H2,57,70)(H,58,78)(H,59,81)(H,60,75)(H,61,76)(H,62,79)(H,63,80)(H,64,83)(H,65,82)(H,66,77)(H,71,72)(H,73,74)(H,84,85)/t28-,29+,34-,35-,36-,37-,38-,39-,40-,44-,45-/m0/s1. The van der Waals surface area contributed by atoms with Gasteiger partial charge < -0.3 is 90.0 Å². The largest absolute Gasteiger partial charge is 0.508 e. The van der Waals surface area contributed by atoms with Gasteiger partial charge in [-0.3, -0.25) is 57.5 Å². The van der Waals surface area contributed by atoms with E-state index in [1.54, 1.807) is 39.8 Å². The smallest absolute Gasteiger partial charge is 0.326 e. The summed E-state index contributed by atoms with van der Waals surface area (Å²) in [6, 6.07) is -5.00. The molecule has 19 N–H and O–H groups in total. The average molecular weight is 1200 g/mol. The molecule has 0 aromatic heterocycles. The number of carboxylic acids is 3. The minimum absolute atomic E-state index is 0.000403. The number of amides is 10. The number of hydrogen-bond acceptors (Lipinski definition) is 17. The number of carbonyl (C=O) groups is 13. The fraction of sp³-hybridized carbons (Fsp3) is 0.545. The van der Waals surface area contributed by atoms with Gasteiger partial charge in [0.05, 0.1) is 25.0 Å². The van der Waals surface area contributed by atoms with Crippen molar-refractivity contribution in [2.75, 3.05) is 0 Å². The molecule has 85 heavy (non-hydrogen) atoms. The third-order valence-corrected chi connectivity index (χ3v) is 12.8. The van der Waals surface area contributed by atoms with Gasteiger partial charge in [0.1, 0.15) is 65.9 Å². The summed E-state index contributed by atoms with van der Waals surface area (Å²) in [5.74, 6) is -16.9. The molecule has 10 amide bonds. The third kappa shape index (κ3) is 26.0. The van der Waals surface area contributed by atoms with Crippen LogP contribution in [0.15, 0.2) is 48.5 Å². The Kier molecular flexibility index (Phi) is 29.4. The molecule has 2 rings (SSSR count). The fourth-order valence-corrected chi connectivity index (χ4v) is 8.25. The second kappa shape index (κ2) is 34.6. The van der Waals surface area contributed by atoms with Crippen molar-refractivity contribution in [3.05, 3.63) is 59.7 Å². The lowest BCUT2D eigenvalue weighted by Crippen LogP contribution is -2.62. The number of carboxylic acid groups (broad SMARTS) is 3. The molecule has 0 aliphatic rings. The SMILES string of the molecule is CC(C)C[C@H](NC(=O)[C@@H](NC(=O)[C@H](CCC(=O)O)NC(=O)[C@H](CC(=O)O)NC(=O)[C@H](Cc1ccc(O)cc1)NC(=O)[C@H](C)NC(=O)[C@H](CC(C)C)NC(=O)[C@@H](N)Cc1ccc(O)cc1)[C@@H](C)O)C(=O)N[C@@H](CC(N)=O)C(=O)N[C@H](C(=O)O)C(C)C. The molecule has 2 aromatic carbocycles. The zero-order valence-electron chi connectivity index (χ0n) is 48.5. The Balaban J connectivity index is 2.42. The van der Waals surface area contributed by atoms with Gasteiger partial charge in [0, 0.05) is 12.8 Å². The lowest BCUT2D eigenvalue weighted by Gasteiger charge is -2.29. The Morgan fingerprint density at radius 2 is 0.824 bits per heavy atom. The topological polar surface area (TPSA) is 504 Å². The van der Waals surface area contributed by atoms with E-state index < -0.39 is 175 Å². The van der Waals surface area contributed by atoms with Crippen LogP contribution >= 0.6 is 0 Å². The van der Waals surface area contributed by atoms with E-state index in [2.05, 4.69) is 47.9 Å². The number of rotatable bonds is 36. The highest BCUT2D eigenvalue weighted by atomic mass is 16.4. The zero-order valence-corrected chi connectivity index (χ0v) is 48.5. The molecule has 0 bridgehead atoms. The maximum Gasteiger partial charge on any atom is 0.326 e. The van der Waals surface area contributed by atoms with Gasteiger partial charge in [0.15, 0.2) is 0 Å². The summed E-state index contributed by atoms with van der Waals surface area (Å²) < 4.78 is 0. The number of benzene rings is 2. The number of phenolic OH excluding ortho intramolecular Hbond substituents is 2. The van der Waals surface area contributed by atoms with Crippen LogP contribution in [-0.4, -0.2) is 174 Å². The summed E-state index contributed by atoms with van der Waals surface area (Å²) in [6.07, 6.45) is -5.78. The molecular formula is C55H81N11O19.